The summed E-state index contributed by atoms with van der Waals surface area (Å²) in [6.07, 6.45) is 1.49. The van der Waals surface area contributed by atoms with Crippen molar-refractivity contribution in [2.75, 3.05) is 5.32 Å². The zero-order valence-corrected chi connectivity index (χ0v) is 11.6. The maximum Gasteiger partial charge on any atom is 0.255 e. The molecule has 0 atom stereocenters. The fourth-order valence-corrected chi connectivity index (χ4v) is 1.81. The molecule has 1 N–H and O–H groups in total. The quantitative estimate of drug-likeness (QED) is 0.875. The van der Waals surface area contributed by atoms with E-state index in [1.165, 1.54) is 29.0 Å². The van der Waals surface area contributed by atoms with E-state index in [9.17, 15) is 9.18 Å². The van der Waals surface area contributed by atoms with Gasteiger partial charge in [0.2, 0.25) is 0 Å². The van der Waals surface area contributed by atoms with Crippen LogP contribution in [0, 0.1) is 39.8 Å². The van der Waals surface area contributed by atoms with E-state index in [4.69, 9.17) is 15.8 Å². The molecule has 0 aliphatic carbocycles. The average molecular weight is 305 g/mol. The average Bonchev–Trinajstić information content (AvgIpc) is 2.56. The topological polar surface area (TPSA) is 105 Å². The molecule has 110 valence electrons. The Morgan fingerprint density at radius 2 is 1.83 bits per heavy atom. The van der Waals surface area contributed by atoms with Crippen molar-refractivity contribution in [1.82, 2.24) is 4.57 Å². The van der Waals surface area contributed by atoms with Crippen molar-refractivity contribution in [2.45, 2.75) is 0 Å². The monoisotopic (exact) mass is 305 g/mol. The van der Waals surface area contributed by atoms with Crippen molar-refractivity contribution in [1.29, 1.82) is 15.8 Å². The van der Waals surface area contributed by atoms with E-state index in [0.717, 1.165) is 6.07 Å². The molecule has 1 aromatic carbocycles. The first-order valence-electron chi connectivity index (χ1n) is 6.30. The van der Waals surface area contributed by atoms with Gasteiger partial charge in [0.25, 0.3) is 5.56 Å². The largest absolute Gasteiger partial charge is 0.343 e. The number of anilines is 1. The summed E-state index contributed by atoms with van der Waals surface area (Å²) in [5.41, 5.74) is -0.894. The molecular weight excluding hydrogens is 297 g/mol. The van der Waals surface area contributed by atoms with E-state index in [-0.39, 0.29) is 16.9 Å². The summed E-state index contributed by atoms with van der Waals surface area (Å²) in [5, 5.41) is 28.8. The van der Waals surface area contributed by atoms with Gasteiger partial charge in [-0.25, -0.2) is 4.39 Å². The number of allylic oxidation sites excluding steroid dienone is 2. The lowest BCUT2D eigenvalue weighted by atomic mass is 10.2. The number of benzene rings is 1. The van der Waals surface area contributed by atoms with Crippen LogP contribution in [0.25, 0.3) is 5.69 Å². The van der Waals surface area contributed by atoms with Crippen molar-refractivity contribution < 1.29 is 4.39 Å². The van der Waals surface area contributed by atoms with E-state index in [2.05, 4.69) is 5.32 Å². The van der Waals surface area contributed by atoms with Crippen LogP contribution in [0.2, 0.25) is 0 Å². The second-order valence-corrected chi connectivity index (χ2v) is 4.28. The lowest BCUT2D eigenvalue weighted by Crippen LogP contribution is -2.15. The molecular formula is C16H8FN5O. The van der Waals surface area contributed by atoms with Crippen LogP contribution >= 0.6 is 0 Å². The highest BCUT2D eigenvalue weighted by Crippen LogP contribution is 2.20. The summed E-state index contributed by atoms with van der Waals surface area (Å²) in [6, 6.07) is 13.2. The Hall–Kier alpha value is -3.89. The van der Waals surface area contributed by atoms with Crippen LogP contribution in [-0.4, -0.2) is 4.57 Å². The minimum absolute atomic E-state index is 0.0859. The molecule has 1 heterocycles. The number of pyridine rings is 1. The van der Waals surface area contributed by atoms with Crippen molar-refractivity contribution in [3.63, 3.8) is 0 Å². The molecule has 0 fully saturated rings. The third-order valence-electron chi connectivity index (χ3n) is 2.90. The molecule has 6 nitrogen and oxygen atoms in total. The Balaban J connectivity index is 2.43. The first kappa shape index (κ1) is 15.5. The fraction of sp³-hybridized carbons (Fsp3) is 0. The van der Waals surface area contributed by atoms with Gasteiger partial charge in [-0.1, -0.05) is 6.07 Å². The minimum atomic E-state index is -0.735. The van der Waals surface area contributed by atoms with Crippen LogP contribution < -0.4 is 10.9 Å². The van der Waals surface area contributed by atoms with E-state index in [1.54, 1.807) is 30.3 Å². The lowest BCUT2D eigenvalue weighted by molar-refractivity contribution is 0.630. The van der Waals surface area contributed by atoms with Gasteiger partial charge in [0.1, 0.15) is 29.7 Å². The molecule has 0 aliphatic heterocycles. The number of halogens is 1. The predicted octanol–water partition coefficient (Wildman–Crippen LogP) is 2.21. The molecule has 0 saturated heterocycles. The smallest absolute Gasteiger partial charge is 0.255 e. The Morgan fingerprint density at radius 1 is 1.09 bits per heavy atom. The SMILES string of the molecule is N#CC(C#N)=C(C#N)Nc1ccc(-n2ccccc2=O)cc1F. The third kappa shape index (κ3) is 3.24. The van der Waals surface area contributed by atoms with Crippen LogP contribution in [0.4, 0.5) is 10.1 Å². The Labute approximate surface area is 130 Å². The van der Waals surface area contributed by atoms with Gasteiger partial charge in [-0.2, -0.15) is 15.8 Å². The number of rotatable bonds is 3. The summed E-state index contributed by atoms with van der Waals surface area (Å²) >= 11 is 0. The molecule has 0 amide bonds. The van der Waals surface area contributed by atoms with Gasteiger partial charge < -0.3 is 5.32 Å². The van der Waals surface area contributed by atoms with Crippen LogP contribution in [0.3, 0.4) is 0 Å². The molecule has 23 heavy (non-hydrogen) atoms. The number of aromatic nitrogens is 1. The summed E-state index contributed by atoms with van der Waals surface area (Å²) in [4.78, 5) is 11.7. The Bertz CT molecular complexity index is 953. The van der Waals surface area contributed by atoms with E-state index >= 15 is 0 Å². The first-order chi connectivity index (χ1) is 11.1. The van der Waals surface area contributed by atoms with Gasteiger partial charge in [0.15, 0.2) is 5.57 Å². The third-order valence-corrected chi connectivity index (χ3v) is 2.90. The van der Waals surface area contributed by atoms with Gasteiger partial charge >= 0.3 is 0 Å². The molecule has 0 radical (unpaired) electrons. The van der Waals surface area contributed by atoms with E-state index in [1.807, 2.05) is 0 Å². The predicted molar refractivity (Wildman–Crippen MR) is 79.5 cm³/mol. The van der Waals surface area contributed by atoms with Gasteiger partial charge in [-0.15, -0.1) is 0 Å². The molecule has 1 aromatic heterocycles. The molecule has 0 spiro atoms. The summed E-state index contributed by atoms with van der Waals surface area (Å²) in [7, 11) is 0. The molecule has 0 unspecified atom stereocenters. The normalized spacial score (nSPS) is 9.13. The molecule has 0 bridgehead atoms. The second-order valence-electron chi connectivity index (χ2n) is 4.28. The standard InChI is InChI=1S/C16H8FN5O/c17-13-7-12(22-6-2-1-3-16(22)23)4-5-14(13)21-15(10-20)11(8-18)9-19/h1-7,21H. The van der Waals surface area contributed by atoms with Crippen LogP contribution in [0.5, 0.6) is 0 Å². The second kappa shape index (κ2) is 6.71. The number of nitrogens with zero attached hydrogens (tertiary/aromatic N) is 4. The van der Waals surface area contributed by atoms with Crippen molar-refractivity contribution in [2.24, 2.45) is 0 Å². The van der Waals surface area contributed by atoms with Crippen molar-refractivity contribution in [3.05, 3.63) is 70.0 Å². The molecule has 7 heteroatoms. The molecule has 2 aromatic rings. The zero-order chi connectivity index (χ0) is 16.8. The summed E-state index contributed by atoms with van der Waals surface area (Å²) in [6.45, 7) is 0. The highest BCUT2D eigenvalue weighted by Gasteiger charge is 2.10. The molecule has 2 rings (SSSR count). The minimum Gasteiger partial charge on any atom is -0.343 e. The summed E-state index contributed by atoms with van der Waals surface area (Å²) < 4.78 is 15.4. The number of nitrogens with one attached hydrogen (secondary N) is 1. The maximum atomic E-state index is 14.2. The van der Waals surface area contributed by atoms with Gasteiger partial charge in [-0.3, -0.25) is 9.36 Å². The fourth-order valence-electron chi connectivity index (χ4n) is 1.81. The van der Waals surface area contributed by atoms with Gasteiger partial charge in [0.05, 0.1) is 11.4 Å². The summed E-state index contributed by atoms with van der Waals surface area (Å²) in [5.74, 6) is -0.735. The van der Waals surface area contributed by atoms with Gasteiger partial charge in [-0.05, 0) is 18.2 Å². The van der Waals surface area contributed by atoms with Crippen molar-refractivity contribution >= 4 is 5.69 Å². The molecule has 0 aliphatic rings. The first-order valence-corrected chi connectivity index (χ1v) is 6.30. The van der Waals surface area contributed by atoms with Crippen LogP contribution in [-0.2, 0) is 0 Å². The van der Waals surface area contributed by atoms with Crippen LogP contribution in [0.1, 0.15) is 0 Å². The number of hydrogen-bond donors (Lipinski definition) is 1. The lowest BCUT2D eigenvalue weighted by Gasteiger charge is -2.09. The number of hydrogen-bond acceptors (Lipinski definition) is 5. The van der Waals surface area contributed by atoms with E-state index < -0.39 is 11.4 Å². The molecule has 0 saturated carbocycles. The van der Waals surface area contributed by atoms with Crippen LogP contribution in [0.15, 0.2) is 58.7 Å². The van der Waals surface area contributed by atoms with Crippen molar-refractivity contribution in [3.8, 4) is 23.9 Å². The maximum absolute atomic E-state index is 14.2. The zero-order valence-electron chi connectivity index (χ0n) is 11.6. The Kier molecular flexibility index (Phi) is 4.52. The Morgan fingerprint density at radius 3 is 2.39 bits per heavy atom. The van der Waals surface area contributed by atoms with E-state index in [0.29, 0.717) is 5.69 Å². The van der Waals surface area contributed by atoms with Gasteiger partial charge in [0, 0.05) is 18.3 Å². The number of nitriles is 3. The highest BCUT2D eigenvalue weighted by atomic mass is 19.1. The highest BCUT2D eigenvalue weighted by molar-refractivity contribution is 5.60.